The molecule has 1 heterocycles. The van der Waals surface area contributed by atoms with E-state index in [9.17, 15) is 19.7 Å². The summed E-state index contributed by atoms with van der Waals surface area (Å²) in [5.41, 5.74) is 1.03. The van der Waals surface area contributed by atoms with Crippen LogP contribution in [0.1, 0.15) is 15.9 Å². The second kappa shape index (κ2) is 7.07. The second-order valence-corrected chi connectivity index (χ2v) is 4.54. The molecule has 1 N–H and O–H groups in total. The number of pyridine rings is 1. The lowest BCUT2D eigenvalue weighted by atomic mass is 10.1. The molecule has 1 aromatic carbocycles. The van der Waals surface area contributed by atoms with E-state index in [1.807, 2.05) is 0 Å². The molecule has 1 aromatic heterocycles. The molecule has 2 rings (SSSR count). The summed E-state index contributed by atoms with van der Waals surface area (Å²) in [6, 6.07) is 8.97. The number of Topliss-reactive ketones (excluding diaryl/α,β-unsaturated/α-hetero) is 1. The fraction of sp³-hybridized carbons (Fsp3) is 0.133. The third kappa shape index (κ3) is 4.20. The highest BCUT2D eigenvalue weighted by molar-refractivity contribution is 5.99. The van der Waals surface area contributed by atoms with Crippen LogP contribution in [0.15, 0.2) is 48.8 Å². The quantitative estimate of drug-likeness (QED) is 0.495. The number of carbonyl (C=O) groups excluding carboxylic acids is 2. The van der Waals surface area contributed by atoms with Crippen molar-refractivity contribution in [1.82, 2.24) is 10.3 Å². The van der Waals surface area contributed by atoms with Crippen molar-refractivity contribution in [1.29, 1.82) is 0 Å². The summed E-state index contributed by atoms with van der Waals surface area (Å²) in [7, 11) is 0. The van der Waals surface area contributed by atoms with Crippen LogP contribution >= 0.6 is 0 Å². The number of nitro benzene ring substituents is 1. The molecule has 0 radical (unpaired) electrons. The monoisotopic (exact) mass is 299 g/mol. The Morgan fingerprint density at radius 3 is 2.50 bits per heavy atom. The van der Waals surface area contributed by atoms with Crippen molar-refractivity contribution >= 4 is 17.4 Å². The second-order valence-electron chi connectivity index (χ2n) is 4.54. The molecule has 0 spiro atoms. The van der Waals surface area contributed by atoms with E-state index in [0.717, 1.165) is 0 Å². The van der Waals surface area contributed by atoms with Crippen molar-refractivity contribution in [3.8, 4) is 0 Å². The SMILES string of the molecule is O=C(Cc1ccc([N+](=O)[O-])cc1)NCC(=O)c1cccnc1. The predicted octanol–water partition coefficient (Wildman–Crippen LogP) is 1.53. The average Bonchev–Trinajstić information content (AvgIpc) is 2.54. The van der Waals surface area contributed by atoms with Gasteiger partial charge >= 0.3 is 0 Å². The van der Waals surface area contributed by atoms with Gasteiger partial charge in [-0.25, -0.2) is 0 Å². The van der Waals surface area contributed by atoms with E-state index in [-0.39, 0.29) is 30.3 Å². The van der Waals surface area contributed by atoms with Gasteiger partial charge < -0.3 is 5.32 Å². The number of rotatable bonds is 6. The summed E-state index contributed by atoms with van der Waals surface area (Å²) in [6.45, 7) is -0.114. The van der Waals surface area contributed by atoms with Gasteiger partial charge in [-0.05, 0) is 17.7 Å². The summed E-state index contributed by atoms with van der Waals surface area (Å²) in [5.74, 6) is -0.559. The Labute approximate surface area is 126 Å². The molecule has 22 heavy (non-hydrogen) atoms. The molecule has 0 saturated heterocycles. The largest absolute Gasteiger partial charge is 0.348 e. The summed E-state index contributed by atoms with van der Waals surface area (Å²) in [4.78, 5) is 37.4. The van der Waals surface area contributed by atoms with Gasteiger partial charge in [0.25, 0.3) is 5.69 Å². The van der Waals surface area contributed by atoms with Crippen LogP contribution in [0, 0.1) is 10.1 Å². The summed E-state index contributed by atoms with van der Waals surface area (Å²) in [5, 5.41) is 13.0. The molecule has 0 atom stereocenters. The Morgan fingerprint density at radius 2 is 1.91 bits per heavy atom. The van der Waals surface area contributed by atoms with Crippen molar-refractivity contribution in [2.45, 2.75) is 6.42 Å². The molecule has 0 saturated carbocycles. The predicted molar refractivity (Wildman–Crippen MR) is 78.4 cm³/mol. The highest BCUT2D eigenvalue weighted by Crippen LogP contribution is 2.12. The van der Waals surface area contributed by atoms with Gasteiger partial charge in [0.1, 0.15) is 0 Å². The van der Waals surface area contributed by atoms with Crippen LogP contribution in [-0.2, 0) is 11.2 Å². The topological polar surface area (TPSA) is 102 Å². The molecule has 112 valence electrons. The van der Waals surface area contributed by atoms with E-state index in [1.165, 1.54) is 30.5 Å². The van der Waals surface area contributed by atoms with Gasteiger partial charge in [0.2, 0.25) is 5.91 Å². The number of hydrogen-bond donors (Lipinski definition) is 1. The molecule has 1 amide bonds. The van der Waals surface area contributed by atoms with Crippen LogP contribution in [0.25, 0.3) is 0 Å². The Balaban J connectivity index is 1.85. The van der Waals surface area contributed by atoms with Crippen molar-refractivity contribution in [2.75, 3.05) is 6.54 Å². The first-order valence-corrected chi connectivity index (χ1v) is 6.49. The van der Waals surface area contributed by atoms with Crippen molar-refractivity contribution in [3.63, 3.8) is 0 Å². The fourth-order valence-corrected chi connectivity index (χ4v) is 1.79. The smallest absolute Gasteiger partial charge is 0.269 e. The van der Waals surface area contributed by atoms with Gasteiger partial charge in [0.15, 0.2) is 5.78 Å². The Kier molecular flexibility index (Phi) is 4.92. The molecule has 7 heteroatoms. The Bertz CT molecular complexity index is 684. The van der Waals surface area contributed by atoms with Gasteiger partial charge in [-0.15, -0.1) is 0 Å². The minimum absolute atomic E-state index is 0.0316. The minimum Gasteiger partial charge on any atom is -0.348 e. The van der Waals surface area contributed by atoms with Gasteiger partial charge in [0.05, 0.1) is 17.9 Å². The normalized spacial score (nSPS) is 10.0. The number of nitro groups is 1. The maximum Gasteiger partial charge on any atom is 0.269 e. The Hall–Kier alpha value is -3.09. The standard InChI is InChI=1S/C15H13N3O4/c19-14(12-2-1-7-16-9-12)10-17-15(20)8-11-3-5-13(6-4-11)18(21)22/h1-7,9H,8,10H2,(H,17,20). The van der Waals surface area contributed by atoms with E-state index in [2.05, 4.69) is 10.3 Å². The highest BCUT2D eigenvalue weighted by Gasteiger charge is 2.10. The number of aromatic nitrogens is 1. The number of carbonyl (C=O) groups is 2. The van der Waals surface area contributed by atoms with Gasteiger partial charge in [-0.2, -0.15) is 0 Å². The Morgan fingerprint density at radius 1 is 1.18 bits per heavy atom. The maximum atomic E-state index is 11.8. The van der Waals surface area contributed by atoms with E-state index < -0.39 is 4.92 Å². The number of nitrogens with zero attached hydrogens (tertiary/aromatic N) is 2. The molecule has 0 aliphatic rings. The summed E-state index contributed by atoms with van der Waals surface area (Å²) < 4.78 is 0. The van der Waals surface area contributed by atoms with Crippen LogP contribution in [0.4, 0.5) is 5.69 Å². The first kappa shape index (κ1) is 15.3. The number of nitrogens with one attached hydrogen (secondary N) is 1. The van der Waals surface area contributed by atoms with Crippen LogP contribution in [0.5, 0.6) is 0 Å². The number of ketones is 1. The lowest BCUT2D eigenvalue weighted by Crippen LogP contribution is -2.30. The molecule has 0 bridgehead atoms. The van der Waals surface area contributed by atoms with Gasteiger partial charge in [-0.3, -0.25) is 24.7 Å². The van der Waals surface area contributed by atoms with E-state index in [4.69, 9.17) is 0 Å². The zero-order valence-corrected chi connectivity index (χ0v) is 11.6. The molecular formula is C15H13N3O4. The maximum absolute atomic E-state index is 11.8. The van der Waals surface area contributed by atoms with Gasteiger partial charge in [0, 0.05) is 30.1 Å². The number of amides is 1. The highest BCUT2D eigenvalue weighted by atomic mass is 16.6. The molecule has 0 aliphatic heterocycles. The molecule has 0 unspecified atom stereocenters. The molecule has 0 aliphatic carbocycles. The molecule has 2 aromatic rings. The zero-order valence-electron chi connectivity index (χ0n) is 11.6. The summed E-state index contributed by atoms with van der Waals surface area (Å²) in [6.07, 6.45) is 3.05. The fourth-order valence-electron chi connectivity index (χ4n) is 1.79. The van der Waals surface area contributed by atoms with E-state index in [1.54, 1.807) is 18.3 Å². The summed E-state index contributed by atoms with van der Waals surface area (Å²) >= 11 is 0. The van der Waals surface area contributed by atoms with E-state index >= 15 is 0 Å². The molecule has 7 nitrogen and oxygen atoms in total. The lowest BCUT2D eigenvalue weighted by molar-refractivity contribution is -0.384. The lowest BCUT2D eigenvalue weighted by Gasteiger charge is -2.04. The van der Waals surface area contributed by atoms with Gasteiger partial charge in [-0.1, -0.05) is 12.1 Å². The third-order valence-electron chi connectivity index (χ3n) is 2.94. The van der Waals surface area contributed by atoms with Crippen molar-refractivity contribution in [3.05, 3.63) is 70.0 Å². The van der Waals surface area contributed by atoms with Crippen LogP contribution in [0.2, 0.25) is 0 Å². The molecule has 0 fully saturated rings. The van der Waals surface area contributed by atoms with E-state index in [0.29, 0.717) is 11.1 Å². The number of non-ortho nitro benzene ring substituents is 1. The average molecular weight is 299 g/mol. The number of benzene rings is 1. The first-order chi connectivity index (χ1) is 10.6. The van der Waals surface area contributed by atoms with Crippen molar-refractivity contribution < 1.29 is 14.5 Å². The van der Waals surface area contributed by atoms with Crippen LogP contribution in [-0.4, -0.2) is 28.1 Å². The van der Waals surface area contributed by atoms with Crippen LogP contribution < -0.4 is 5.32 Å². The third-order valence-corrected chi connectivity index (χ3v) is 2.94. The minimum atomic E-state index is -0.504. The number of hydrogen-bond acceptors (Lipinski definition) is 5. The first-order valence-electron chi connectivity index (χ1n) is 6.49. The zero-order chi connectivity index (χ0) is 15.9. The van der Waals surface area contributed by atoms with Crippen molar-refractivity contribution in [2.24, 2.45) is 0 Å². The molecular weight excluding hydrogens is 286 g/mol. The van der Waals surface area contributed by atoms with Crippen LogP contribution in [0.3, 0.4) is 0 Å².